The number of aromatic nitrogens is 1. The molecule has 0 spiro atoms. The predicted molar refractivity (Wildman–Crippen MR) is 227 cm³/mol. The molecule has 1 amide bonds. The maximum absolute atomic E-state index is 13.2. The lowest BCUT2D eigenvalue weighted by atomic mass is 9.85. The number of unbranched alkanes of at least 4 members (excludes halogenated alkanes) is 5. The van der Waals surface area contributed by atoms with Gasteiger partial charge in [0, 0.05) is 68.5 Å². The summed E-state index contributed by atoms with van der Waals surface area (Å²) in [4.78, 5) is 35.1. The van der Waals surface area contributed by atoms with Crippen molar-refractivity contribution >= 4 is 29.2 Å². The molecule has 0 atom stereocenters. The van der Waals surface area contributed by atoms with Gasteiger partial charge in [-0.2, -0.15) is 0 Å². The molecule has 1 fully saturated rings. The molecule has 0 bridgehead atoms. The molecule has 1 saturated heterocycles. The molecule has 0 radical (unpaired) electrons. The Morgan fingerprint density at radius 1 is 0.810 bits per heavy atom. The number of amidine groups is 2. The molecule has 316 valence electrons. The van der Waals surface area contributed by atoms with Crippen molar-refractivity contribution in [2.24, 2.45) is 10.7 Å². The highest BCUT2D eigenvalue weighted by Gasteiger charge is 2.38. The minimum absolute atomic E-state index is 0.0810. The molecule has 1 aliphatic rings. The molecular formula is C44H63N7O7. The molecule has 1 aliphatic heterocycles. The summed E-state index contributed by atoms with van der Waals surface area (Å²) in [7, 11) is 3.49. The molecule has 0 unspecified atom stereocenters. The number of amides is 1. The third-order valence-corrected chi connectivity index (χ3v) is 9.99. The van der Waals surface area contributed by atoms with E-state index in [2.05, 4.69) is 37.3 Å². The monoisotopic (exact) mass is 801 g/mol. The van der Waals surface area contributed by atoms with Crippen LogP contribution in [0.5, 0.6) is 5.75 Å². The summed E-state index contributed by atoms with van der Waals surface area (Å²) in [6.45, 7) is 6.30. The van der Waals surface area contributed by atoms with E-state index in [4.69, 9.17) is 30.1 Å². The molecule has 2 heterocycles. The van der Waals surface area contributed by atoms with Gasteiger partial charge in [-0.25, -0.2) is 4.99 Å². The Kier molecular flexibility index (Phi) is 20.7. The van der Waals surface area contributed by atoms with E-state index in [1.165, 1.54) is 7.11 Å². The first-order valence-electron chi connectivity index (χ1n) is 20.5. The number of piperidine rings is 1. The first-order valence-corrected chi connectivity index (χ1v) is 20.5. The van der Waals surface area contributed by atoms with E-state index in [0.29, 0.717) is 82.4 Å². The van der Waals surface area contributed by atoms with Gasteiger partial charge in [-0.05, 0) is 100 Å². The average molecular weight is 802 g/mol. The summed E-state index contributed by atoms with van der Waals surface area (Å²) in [6.07, 6.45) is 12.0. The number of carbonyl (C=O) groups is 2. The maximum Gasteiger partial charge on any atom is 0.305 e. The minimum Gasteiger partial charge on any atom is -0.494 e. The number of nitrogens with one attached hydrogen (secondary N) is 3. The zero-order valence-corrected chi connectivity index (χ0v) is 34.3. The van der Waals surface area contributed by atoms with Crippen LogP contribution in [0.25, 0.3) is 0 Å². The van der Waals surface area contributed by atoms with Gasteiger partial charge >= 0.3 is 5.97 Å². The summed E-state index contributed by atoms with van der Waals surface area (Å²) >= 11 is 0. The van der Waals surface area contributed by atoms with Gasteiger partial charge in [0.15, 0.2) is 5.84 Å². The standard InChI is InChI=1S/C44H63N7O7/c1-51-24-20-44(21-25-51,43(46)49-41(45)36-18-22-47-23-19-36)50-38-12-10-11-37(33-38)42(53)48-34-35-14-16-39(17-15-35)58-28-9-4-3-7-26-55-29-31-57-32-30-56-27-8-5-6-13-40(52)54-2/h10-12,14-19,22-23,33,50H,3-9,13,20-21,24-32,34H2,1-2H3,(H,48,53)(H3,45,46,49). The molecule has 1 aromatic heterocycles. The van der Waals surface area contributed by atoms with Gasteiger partial charge in [0.2, 0.25) is 0 Å². The quantitative estimate of drug-likeness (QED) is 0.0308. The first-order chi connectivity index (χ1) is 28.3. The van der Waals surface area contributed by atoms with Crippen LogP contribution in [0.1, 0.15) is 85.7 Å². The summed E-state index contributed by atoms with van der Waals surface area (Å²) in [6, 6.07) is 18.7. The van der Waals surface area contributed by atoms with E-state index in [1.807, 2.05) is 42.5 Å². The number of hydrogen-bond donors (Lipinski definition) is 4. The van der Waals surface area contributed by atoms with Crippen molar-refractivity contribution in [2.45, 2.75) is 76.3 Å². The number of hydrogen-bond acceptors (Lipinski definition) is 11. The largest absolute Gasteiger partial charge is 0.494 e. The second-order valence-electron chi connectivity index (χ2n) is 14.5. The van der Waals surface area contributed by atoms with Crippen molar-refractivity contribution in [1.82, 2.24) is 15.2 Å². The van der Waals surface area contributed by atoms with Gasteiger partial charge in [-0.1, -0.05) is 31.0 Å². The van der Waals surface area contributed by atoms with Gasteiger partial charge < -0.3 is 45.0 Å². The van der Waals surface area contributed by atoms with Crippen molar-refractivity contribution in [3.8, 4) is 5.75 Å². The molecule has 2 aromatic carbocycles. The molecule has 0 aliphatic carbocycles. The highest BCUT2D eigenvalue weighted by molar-refractivity contribution is 6.07. The number of nitrogens with two attached hydrogens (primary N) is 1. The summed E-state index contributed by atoms with van der Waals surface area (Å²) in [5.41, 5.74) is 8.89. The highest BCUT2D eigenvalue weighted by atomic mass is 16.5. The van der Waals surface area contributed by atoms with Crippen LogP contribution in [0.4, 0.5) is 5.69 Å². The Hall–Kier alpha value is -4.89. The summed E-state index contributed by atoms with van der Waals surface area (Å²) in [5.74, 6) is 0.895. The highest BCUT2D eigenvalue weighted by Crippen LogP contribution is 2.28. The van der Waals surface area contributed by atoms with Gasteiger partial charge in [0.25, 0.3) is 5.91 Å². The van der Waals surface area contributed by atoms with Crippen molar-refractivity contribution < 1.29 is 33.3 Å². The number of rotatable bonds is 27. The van der Waals surface area contributed by atoms with Crippen LogP contribution in [-0.2, 0) is 30.3 Å². The van der Waals surface area contributed by atoms with E-state index in [1.54, 1.807) is 30.6 Å². The normalized spacial score (nSPS) is 14.1. The Balaban J connectivity index is 1.06. The third-order valence-electron chi connectivity index (χ3n) is 9.99. The minimum atomic E-state index is -0.662. The molecule has 4 rings (SSSR count). The van der Waals surface area contributed by atoms with Gasteiger partial charge in [-0.15, -0.1) is 0 Å². The molecular weight excluding hydrogens is 739 g/mol. The number of aliphatic imine (C=N–C) groups is 1. The Labute approximate surface area is 343 Å². The lowest BCUT2D eigenvalue weighted by molar-refractivity contribution is -0.140. The number of pyridine rings is 1. The SMILES string of the molecule is COC(=O)CCCCCOCCOCCOCCCCCCOc1ccc(CNC(=O)c2cccc(NC3(C(N)=NC(=N)c4ccncc4)CCN(C)CC3)c2)cc1. The number of carbonyl (C=O) groups excluding carboxylic acids is 2. The fourth-order valence-corrected chi connectivity index (χ4v) is 6.39. The van der Waals surface area contributed by atoms with Crippen LogP contribution < -0.4 is 21.1 Å². The Bertz CT molecular complexity index is 1680. The molecule has 0 saturated carbocycles. The molecule has 5 N–H and O–H groups in total. The molecule has 58 heavy (non-hydrogen) atoms. The summed E-state index contributed by atoms with van der Waals surface area (Å²) in [5, 5.41) is 15.1. The molecule has 14 heteroatoms. The van der Waals surface area contributed by atoms with E-state index < -0.39 is 5.54 Å². The van der Waals surface area contributed by atoms with E-state index in [-0.39, 0.29) is 17.7 Å². The van der Waals surface area contributed by atoms with Crippen molar-refractivity contribution in [3.63, 3.8) is 0 Å². The fraction of sp³-hybridized carbons (Fsp3) is 0.523. The van der Waals surface area contributed by atoms with E-state index in [0.717, 1.165) is 81.6 Å². The smallest absolute Gasteiger partial charge is 0.305 e. The molecule has 3 aromatic rings. The molecule has 14 nitrogen and oxygen atoms in total. The number of likely N-dealkylation sites (tertiary alicyclic amines) is 1. The van der Waals surface area contributed by atoms with E-state index >= 15 is 0 Å². The van der Waals surface area contributed by atoms with Gasteiger partial charge in [0.05, 0.1) is 45.7 Å². The maximum atomic E-state index is 13.2. The number of ether oxygens (including phenoxy) is 5. The number of esters is 1. The van der Waals surface area contributed by atoms with Crippen LogP contribution in [0.3, 0.4) is 0 Å². The van der Waals surface area contributed by atoms with Crippen LogP contribution in [0, 0.1) is 5.41 Å². The fourth-order valence-electron chi connectivity index (χ4n) is 6.39. The number of benzene rings is 2. The van der Waals surface area contributed by atoms with Crippen molar-refractivity contribution in [1.29, 1.82) is 5.41 Å². The van der Waals surface area contributed by atoms with Crippen LogP contribution in [0.15, 0.2) is 78.0 Å². The van der Waals surface area contributed by atoms with E-state index in [9.17, 15) is 9.59 Å². The zero-order valence-electron chi connectivity index (χ0n) is 34.3. The Morgan fingerprint density at radius 2 is 1.43 bits per heavy atom. The van der Waals surface area contributed by atoms with Crippen LogP contribution in [-0.4, -0.2) is 112 Å². The van der Waals surface area contributed by atoms with Gasteiger partial charge in [-0.3, -0.25) is 20.0 Å². The second-order valence-corrected chi connectivity index (χ2v) is 14.5. The average Bonchev–Trinajstić information content (AvgIpc) is 3.25. The lowest BCUT2D eigenvalue weighted by Gasteiger charge is -2.41. The number of nitrogens with zero attached hydrogens (tertiary/aromatic N) is 3. The topological polar surface area (TPSA) is 183 Å². The van der Waals surface area contributed by atoms with Crippen LogP contribution in [0.2, 0.25) is 0 Å². The van der Waals surface area contributed by atoms with Crippen molar-refractivity contribution in [3.05, 3.63) is 89.7 Å². The first kappa shape index (κ1) is 45.8. The van der Waals surface area contributed by atoms with Crippen molar-refractivity contribution in [2.75, 3.05) is 78.8 Å². The summed E-state index contributed by atoms with van der Waals surface area (Å²) < 4.78 is 27.3. The predicted octanol–water partition coefficient (Wildman–Crippen LogP) is 5.99. The van der Waals surface area contributed by atoms with Gasteiger partial charge in [0.1, 0.15) is 11.6 Å². The zero-order chi connectivity index (χ0) is 41.3. The Morgan fingerprint density at radius 3 is 2.09 bits per heavy atom. The number of anilines is 1. The number of methoxy groups -OCH3 is 1. The lowest BCUT2D eigenvalue weighted by Crippen LogP contribution is -2.56. The van der Waals surface area contributed by atoms with Crippen LogP contribution >= 0.6 is 0 Å². The second kappa shape index (κ2) is 26.2. The third kappa shape index (κ3) is 16.9.